The molecule has 1 aromatic heterocycles. The number of thiazole rings is 1. The molecule has 0 aliphatic heterocycles. The summed E-state index contributed by atoms with van der Waals surface area (Å²) in [7, 11) is 0. The molecule has 0 fully saturated rings. The summed E-state index contributed by atoms with van der Waals surface area (Å²) in [5.41, 5.74) is 5.27. The molecule has 1 aromatic rings. The molecule has 5 N–H and O–H groups in total. The fourth-order valence-electron chi connectivity index (χ4n) is 1.15. The number of nitrogens with one attached hydrogen (secondary N) is 2. The fourth-order valence-corrected chi connectivity index (χ4v) is 2.12. The maximum atomic E-state index is 10.9. The van der Waals surface area contributed by atoms with Crippen LogP contribution in [0.4, 0.5) is 5.13 Å². The minimum absolute atomic E-state index is 0.0386. The van der Waals surface area contributed by atoms with Gasteiger partial charge in [-0.15, -0.1) is 0 Å². The standard InChI is InChI=1S/C9H14N4O3S/c1-5(14)12-9-13-7(8(15)16)6(17-9)4-11-3-2-10/h11H,2-4,10H2,1H3,(H,15,16)(H,12,13,14). The number of carboxylic acids is 1. The summed E-state index contributed by atoms with van der Waals surface area (Å²) in [6, 6.07) is 0. The van der Waals surface area contributed by atoms with Gasteiger partial charge in [0.05, 0.1) is 4.88 Å². The first-order valence-electron chi connectivity index (χ1n) is 4.96. The molecule has 0 atom stereocenters. The number of hydrogen-bond acceptors (Lipinski definition) is 6. The van der Waals surface area contributed by atoms with E-state index < -0.39 is 5.97 Å². The highest BCUT2D eigenvalue weighted by atomic mass is 32.1. The smallest absolute Gasteiger partial charge is 0.355 e. The zero-order valence-electron chi connectivity index (χ0n) is 9.32. The van der Waals surface area contributed by atoms with Gasteiger partial charge >= 0.3 is 5.97 Å². The molecule has 0 aromatic carbocycles. The van der Waals surface area contributed by atoms with Crippen LogP contribution in [0.1, 0.15) is 22.3 Å². The van der Waals surface area contributed by atoms with E-state index in [-0.39, 0.29) is 11.6 Å². The van der Waals surface area contributed by atoms with Crippen molar-refractivity contribution in [2.24, 2.45) is 5.73 Å². The highest BCUT2D eigenvalue weighted by Gasteiger charge is 2.17. The number of carbonyl (C=O) groups excluding carboxylic acids is 1. The van der Waals surface area contributed by atoms with E-state index in [4.69, 9.17) is 10.8 Å². The molecule has 1 amide bonds. The zero-order chi connectivity index (χ0) is 12.8. The van der Waals surface area contributed by atoms with Crippen molar-refractivity contribution >= 4 is 28.3 Å². The Morgan fingerprint density at radius 1 is 1.53 bits per heavy atom. The van der Waals surface area contributed by atoms with Crippen molar-refractivity contribution in [2.45, 2.75) is 13.5 Å². The van der Waals surface area contributed by atoms with Gasteiger partial charge in [0.2, 0.25) is 5.91 Å². The van der Waals surface area contributed by atoms with Crippen LogP contribution in [0.3, 0.4) is 0 Å². The molecule has 0 spiro atoms. The molecule has 0 aliphatic carbocycles. The summed E-state index contributed by atoms with van der Waals surface area (Å²) < 4.78 is 0. The molecule has 0 saturated carbocycles. The number of nitrogens with zero attached hydrogens (tertiary/aromatic N) is 1. The Morgan fingerprint density at radius 2 is 2.24 bits per heavy atom. The van der Waals surface area contributed by atoms with Gasteiger partial charge in [0, 0.05) is 26.6 Å². The van der Waals surface area contributed by atoms with Crippen molar-refractivity contribution in [3.05, 3.63) is 10.6 Å². The minimum atomic E-state index is -1.11. The van der Waals surface area contributed by atoms with E-state index in [0.29, 0.717) is 29.6 Å². The predicted octanol–water partition coefficient (Wildman–Crippen LogP) is -0.152. The Bertz CT molecular complexity index is 418. The Kier molecular flexibility index (Phi) is 5.01. The number of nitrogens with two attached hydrogens (primary N) is 1. The molecule has 17 heavy (non-hydrogen) atoms. The Hall–Kier alpha value is -1.51. The molecule has 0 bridgehead atoms. The van der Waals surface area contributed by atoms with Crippen LogP contribution in [0.5, 0.6) is 0 Å². The van der Waals surface area contributed by atoms with Crippen LogP contribution in [-0.4, -0.2) is 35.1 Å². The average molecular weight is 258 g/mol. The van der Waals surface area contributed by atoms with E-state index in [0.717, 1.165) is 11.3 Å². The molecular weight excluding hydrogens is 244 g/mol. The second kappa shape index (κ2) is 6.28. The number of aromatic carboxylic acids is 1. The second-order valence-electron chi connectivity index (χ2n) is 3.24. The lowest BCUT2D eigenvalue weighted by Gasteiger charge is -2.00. The second-order valence-corrected chi connectivity index (χ2v) is 4.33. The summed E-state index contributed by atoms with van der Waals surface area (Å²) in [6.45, 7) is 2.77. The van der Waals surface area contributed by atoms with Crippen molar-refractivity contribution in [1.82, 2.24) is 10.3 Å². The van der Waals surface area contributed by atoms with E-state index >= 15 is 0 Å². The SMILES string of the molecule is CC(=O)Nc1nc(C(=O)O)c(CNCCN)s1. The predicted molar refractivity (Wildman–Crippen MR) is 64.1 cm³/mol. The van der Waals surface area contributed by atoms with E-state index in [2.05, 4.69) is 15.6 Å². The van der Waals surface area contributed by atoms with Crippen molar-refractivity contribution in [2.75, 3.05) is 18.4 Å². The molecule has 0 aliphatic rings. The summed E-state index contributed by atoms with van der Waals surface area (Å²) in [4.78, 5) is 26.2. The lowest BCUT2D eigenvalue weighted by atomic mass is 10.3. The lowest BCUT2D eigenvalue weighted by molar-refractivity contribution is -0.114. The topological polar surface area (TPSA) is 117 Å². The Balaban J connectivity index is 2.81. The number of rotatable bonds is 6. The lowest BCUT2D eigenvalue weighted by Crippen LogP contribution is -2.22. The summed E-state index contributed by atoms with van der Waals surface area (Å²) in [5, 5.41) is 14.7. The van der Waals surface area contributed by atoms with Crippen molar-refractivity contribution in [3.8, 4) is 0 Å². The number of hydrogen-bond donors (Lipinski definition) is 4. The van der Waals surface area contributed by atoms with Gasteiger partial charge in [0.25, 0.3) is 0 Å². The van der Waals surface area contributed by atoms with Gasteiger partial charge in [0.1, 0.15) is 0 Å². The van der Waals surface area contributed by atoms with E-state index in [1.807, 2.05) is 0 Å². The van der Waals surface area contributed by atoms with Crippen LogP contribution in [0.2, 0.25) is 0 Å². The minimum Gasteiger partial charge on any atom is -0.476 e. The molecular formula is C9H14N4O3S. The number of amides is 1. The van der Waals surface area contributed by atoms with Crippen molar-refractivity contribution in [3.63, 3.8) is 0 Å². The van der Waals surface area contributed by atoms with Gasteiger partial charge in [-0.3, -0.25) is 4.79 Å². The summed E-state index contributed by atoms with van der Waals surface area (Å²) in [5.74, 6) is -1.39. The number of aromatic nitrogens is 1. The first-order valence-corrected chi connectivity index (χ1v) is 5.77. The van der Waals surface area contributed by atoms with Crippen LogP contribution >= 0.6 is 11.3 Å². The highest BCUT2D eigenvalue weighted by molar-refractivity contribution is 7.16. The normalized spacial score (nSPS) is 10.2. The molecule has 8 heteroatoms. The molecule has 0 saturated heterocycles. The third kappa shape index (κ3) is 4.10. The van der Waals surface area contributed by atoms with Crippen LogP contribution in [0, 0.1) is 0 Å². The van der Waals surface area contributed by atoms with E-state index in [1.165, 1.54) is 6.92 Å². The fraction of sp³-hybridized carbons (Fsp3) is 0.444. The largest absolute Gasteiger partial charge is 0.476 e. The molecule has 94 valence electrons. The molecule has 1 heterocycles. The molecule has 0 unspecified atom stereocenters. The molecule has 7 nitrogen and oxygen atoms in total. The molecule has 0 radical (unpaired) electrons. The monoisotopic (exact) mass is 258 g/mol. The van der Waals surface area contributed by atoms with E-state index in [9.17, 15) is 9.59 Å². The average Bonchev–Trinajstić information content (AvgIpc) is 2.60. The number of carbonyl (C=O) groups is 2. The van der Waals surface area contributed by atoms with E-state index in [1.54, 1.807) is 0 Å². The van der Waals surface area contributed by atoms with Gasteiger partial charge in [-0.1, -0.05) is 11.3 Å². The van der Waals surface area contributed by atoms with Gasteiger partial charge in [-0.25, -0.2) is 9.78 Å². The number of carboxylic acid groups (broad SMARTS) is 1. The summed E-state index contributed by atoms with van der Waals surface area (Å²) >= 11 is 1.14. The van der Waals surface area contributed by atoms with Gasteiger partial charge in [-0.05, 0) is 0 Å². The van der Waals surface area contributed by atoms with Crippen molar-refractivity contribution in [1.29, 1.82) is 0 Å². The van der Waals surface area contributed by atoms with Gasteiger partial charge < -0.3 is 21.5 Å². The van der Waals surface area contributed by atoms with Crippen LogP contribution < -0.4 is 16.4 Å². The Labute approximate surface area is 102 Å². The maximum Gasteiger partial charge on any atom is 0.355 e. The van der Waals surface area contributed by atoms with Crippen LogP contribution in [0.15, 0.2) is 0 Å². The molecule has 1 rings (SSSR count). The quantitative estimate of drug-likeness (QED) is 0.527. The number of anilines is 1. The van der Waals surface area contributed by atoms with Crippen LogP contribution in [-0.2, 0) is 11.3 Å². The third-order valence-electron chi connectivity index (χ3n) is 1.79. The maximum absolute atomic E-state index is 10.9. The van der Waals surface area contributed by atoms with Gasteiger partial charge in [0.15, 0.2) is 10.8 Å². The van der Waals surface area contributed by atoms with Crippen LogP contribution in [0.25, 0.3) is 0 Å². The first kappa shape index (κ1) is 13.6. The first-order chi connectivity index (χ1) is 8.04. The zero-order valence-corrected chi connectivity index (χ0v) is 10.1. The highest BCUT2D eigenvalue weighted by Crippen LogP contribution is 2.23. The summed E-state index contributed by atoms with van der Waals surface area (Å²) in [6.07, 6.45) is 0. The third-order valence-corrected chi connectivity index (χ3v) is 2.76. The van der Waals surface area contributed by atoms with Crippen molar-refractivity contribution < 1.29 is 14.7 Å². The Morgan fingerprint density at radius 3 is 2.76 bits per heavy atom. The van der Waals surface area contributed by atoms with Gasteiger partial charge in [-0.2, -0.15) is 0 Å².